The molecule has 0 spiro atoms. The summed E-state index contributed by atoms with van der Waals surface area (Å²) in [5.41, 5.74) is 0.953. The molecule has 1 aliphatic heterocycles. The number of aliphatic hydroxyl groups excluding tert-OH is 1. The Labute approximate surface area is 105 Å². The van der Waals surface area contributed by atoms with Crippen LogP contribution >= 0.6 is 0 Å². The lowest BCUT2D eigenvalue weighted by Gasteiger charge is -2.09. The number of ether oxygens (including phenoxy) is 2. The van der Waals surface area contributed by atoms with Crippen molar-refractivity contribution >= 4 is 11.9 Å². The highest BCUT2D eigenvalue weighted by molar-refractivity contribution is 5.73. The van der Waals surface area contributed by atoms with Gasteiger partial charge in [0.2, 0.25) is 0 Å². The number of carbonyl (C=O) groups excluding carboxylic acids is 2. The quantitative estimate of drug-likeness (QED) is 0.811. The maximum atomic E-state index is 10.8. The summed E-state index contributed by atoms with van der Waals surface area (Å²) < 4.78 is 9.16. The van der Waals surface area contributed by atoms with Crippen molar-refractivity contribution in [2.45, 2.75) is 19.4 Å². The van der Waals surface area contributed by atoms with Crippen molar-refractivity contribution in [2.24, 2.45) is 0 Å². The van der Waals surface area contributed by atoms with Crippen LogP contribution in [0.3, 0.4) is 0 Å². The van der Waals surface area contributed by atoms with Gasteiger partial charge in [-0.2, -0.15) is 0 Å². The number of hydrogen-bond acceptors (Lipinski definition) is 5. The molecule has 1 N–H and O–H groups in total. The van der Waals surface area contributed by atoms with Crippen molar-refractivity contribution in [1.29, 1.82) is 0 Å². The molecule has 1 aliphatic rings. The van der Waals surface area contributed by atoms with Crippen LogP contribution < -0.4 is 0 Å². The van der Waals surface area contributed by atoms with E-state index in [-0.39, 0.29) is 31.6 Å². The minimum absolute atomic E-state index is 0.0623. The van der Waals surface area contributed by atoms with Gasteiger partial charge in [-0.3, -0.25) is 9.59 Å². The Morgan fingerprint density at radius 1 is 1.33 bits per heavy atom. The first-order valence-corrected chi connectivity index (χ1v) is 5.68. The first-order chi connectivity index (χ1) is 8.72. The Morgan fingerprint density at radius 3 is 2.39 bits per heavy atom. The number of aliphatic hydroxyl groups is 1. The molecule has 0 aliphatic carbocycles. The van der Waals surface area contributed by atoms with E-state index >= 15 is 0 Å². The summed E-state index contributed by atoms with van der Waals surface area (Å²) in [4.78, 5) is 20.5. The van der Waals surface area contributed by atoms with Crippen LogP contribution in [0.25, 0.3) is 0 Å². The van der Waals surface area contributed by atoms with E-state index in [0.717, 1.165) is 5.56 Å². The van der Waals surface area contributed by atoms with Crippen LogP contribution in [0, 0.1) is 0 Å². The maximum Gasteiger partial charge on any atom is 0.309 e. The van der Waals surface area contributed by atoms with Gasteiger partial charge in [0.25, 0.3) is 0 Å². The predicted molar refractivity (Wildman–Crippen MR) is 63.5 cm³/mol. The summed E-state index contributed by atoms with van der Waals surface area (Å²) in [6.07, 6.45) is 0.687. The second kappa shape index (κ2) is 8.25. The molecule has 98 valence electrons. The van der Waals surface area contributed by atoms with E-state index in [1.807, 2.05) is 30.3 Å². The molecule has 5 nitrogen and oxygen atoms in total. The zero-order chi connectivity index (χ0) is 13.2. The molecule has 0 saturated carbocycles. The molecule has 1 heterocycles. The normalized spacial score (nSPS) is 12.6. The number of hydrogen-bond donors (Lipinski definition) is 1. The fraction of sp³-hybridized carbons (Fsp3) is 0.385. The van der Waals surface area contributed by atoms with Gasteiger partial charge in [-0.1, -0.05) is 30.3 Å². The SMILES string of the molecule is O=C(CCO)OCc1ccccc1.O=C1CCO1. The molecule has 5 heteroatoms. The molecule has 2 rings (SSSR count). The third kappa shape index (κ3) is 6.00. The Kier molecular flexibility index (Phi) is 6.50. The van der Waals surface area contributed by atoms with E-state index in [2.05, 4.69) is 4.74 Å². The van der Waals surface area contributed by atoms with Crippen LogP contribution in [0.1, 0.15) is 18.4 Å². The van der Waals surface area contributed by atoms with Crippen molar-refractivity contribution in [1.82, 2.24) is 0 Å². The number of cyclic esters (lactones) is 1. The van der Waals surface area contributed by atoms with E-state index in [0.29, 0.717) is 13.0 Å². The third-order valence-electron chi connectivity index (χ3n) is 2.13. The maximum absolute atomic E-state index is 10.8. The predicted octanol–water partition coefficient (Wildman–Crippen LogP) is 1.05. The van der Waals surface area contributed by atoms with Crippen molar-refractivity contribution < 1.29 is 24.2 Å². The molecule has 1 fully saturated rings. The average Bonchev–Trinajstić information content (AvgIpc) is 2.36. The largest absolute Gasteiger partial charge is 0.465 e. The monoisotopic (exact) mass is 252 g/mol. The molecule has 0 unspecified atom stereocenters. The lowest BCUT2D eigenvalue weighted by molar-refractivity contribution is -0.157. The van der Waals surface area contributed by atoms with Crippen LogP contribution in [-0.4, -0.2) is 30.3 Å². The molecule has 1 aromatic rings. The van der Waals surface area contributed by atoms with Gasteiger partial charge in [0.05, 0.1) is 19.4 Å². The fourth-order valence-corrected chi connectivity index (χ4v) is 1.09. The summed E-state index contributed by atoms with van der Waals surface area (Å²) in [6.45, 7) is 0.756. The van der Waals surface area contributed by atoms with Crippen molar-refractivity contribution in [2.75, 3.05) is 13.2 Å². The second-order valence-corrected chi connectivity index (χ2v) is 3.59. The summed E-state index contributed by atoms with van der Waals surface area (Å²) in [7, 11) is 0. The molecule has 0 radical (unpaired) electrons. The Hall–Kier alpha value is -1.88. The fourth-order valence-electron chi connectivity index (χ4n) is 1.09. The molecular weight excluding hydrogens is 236 g/mol. The van der Waals surface area contributed by atoms with E-state index < -0.39 is 0 Å². The van der Waals surface area contributed by atoms with E-state index in [1.54, 1.807) is 0 Å². The van der Waals surface area contributed by atoms with Gasteiger partial charge in [0.1, 0.15) is 13.2 Å². The Morgan fingerprint density at radius 2 is 1.94 bits per heavy atom. The molecule has 0 amide bonds. The van der Waals surface area contributed by atoms with Gasteiger partial charge in [-0.15, -0.1) is 0 Å². The Balaban J connectivity index is 0.000000269. The average molecular weight is 252 g/mol. The first-order valence-electron chi connectivity index (χ1n) is 5.68. The summed E-state index contributed by atoms with van der Waals surface area (Å²) in [6, 6.07) is 9.43. The number of carbonyl (C=O) groups is 2. The van der Waals surface area contributed by atoms with Gasteiger partial charge in [-0.25, -0.2) is 0 Å². The summed E-state index contributed by atoms with van der Waals surface area (Å²) >= 11 is 0. The van der Waals surface area contributed by atoms with Crippen LogP contribution in [0.4, 0.5) is 0 Å². The number of rotatable bonds is 4. The molecular formula is C13H16O5. The van der Waals surface area contributed by atoms with Crippen LogP contribution in [-0.2, 0) is 25.7 Å². The zero-order valence-electron chi connectivity index (χ0n) is 10.0. The summed E-state index contributed by atoms with van der Waals surface area (Å²) in [5, 5.41) is 8.43. The van der Waals surface area contributed by atoms with Crippen LogP contribution in [0.5, 0.6) is 0 Å². The molecule has 0 bridgehead atoms. The van der Waals surface area contributed by atoms with Gasteiger partial charge in [-0.05, 0) is 5.56 Å². The van der Waals surface area contributed by atoms with Crippen molar-refractivity contribution in [3.05, 3.63) is 35.9 Å². The third-order valence-corrected chi connectivity index (χ3v) is 2.13. The van der Waals surface area contributed by atoms with Gasteiger partial charge >= 0.3 is 11.9 Å². The Bertz CT molecular complexity index is 368. The zero-order valence-corrected chi connectivity index (χ0v) is 10.0. The lowest BCUT2D eigenvalue weighted by atomic mass is 10.2. The van der Waals surface area contributed by atoms with Crippen molar-refractivity contribution in [3.8, 4) is 0 Å². The van der Waals surface area contributed by atoms with Gasteiger partial charge in [0.15, 0.2) is 0 Å². The molecule has 1 saturated heterocycles. The number of benzene rings is 1. The highest BCUT2D eigenvalue weighted by Gasteiger charge is 2.11. The highest BCUT2D eigenvalue weighted by Crippen LogP contribution is 2.01. The lowest BCUT2D eigenvalue weighted by Crippen LogP contribution is -2.18. The highest BCUT2D eigenvalue weighted by atomic mass is 16.6. The first kappa shape index (κ1) is 14.2. The molecule has 0 aromatic heterocycles. The number of esters is 2. The van der Waals surface area contributed by atoms with E-state index in [9.17, 15) is 9.59 Å². The topological polar surface area (TPSA) is 72.8 Å². The van der Waals surface area contributed by atoms with Crippen molar-refractivity contribution in [3.63, 3.8) is 0 Å². The van der Waals surface area contributed by atoms with E-state index in [1.165, 1.54) is 0 Å². The second-order valence-electron chi connectivity index (χ2n) is 3.59. The minimum atomic E-state index is -0.369. The standard InChI is InChI=1S/C10H12O3.C3H4O2/c11-7-6-10(12)13-8-9-4-2-1-3-5-9;4-3-1-2-5-3/h1-5,11H,6-8H2;1-2H2. The van der Waals surface area contributed by atoms with Gasteiger partial charge < -0.3 is 14.6 Å². The molecule has 1 aromatic carbocycles. The summed E-state index contributed by atoms with van der Waals surface area (Å²) in [5.74, 6) is -0.434. The minimum Gasteiger partial charge on any atom is -0.465 e. The van der Waals surface area contributed by atoms with Crippen LogP contribution in [0.15, 0.2) is 30.3 Å². The van der Waals surface area contributed by atoms with Gasteiger partial charge in [0, 0.05) is 0 Å². The van der Waals surface area contributed by atoms with E-state index in [4.69, 9.17) is 9.84 Å². The smallest absolute Gasteiger partial charge is 0.309 e. The molecule has 18 heavy (non-hydrogen) atoms. The van der Waals surface area contributed by atoms with Crippen LogP contribution in [0.2, 0.25) is 0 Å². The molecule has 0 atom stereocenters.